The highest BCUT2D eigenvalue weighted by Crippen LogP contribution is 2.06. The van der Waals surface area contributed by atoms with Crippen molar-refractivity contribution in [2.24, 2.45) is 17.2 Å². The second-order valence-corrected chi connectivity index (χ2v) is 7.53. The van der Waals surface area contributed by atoms with Crippen LogP contribution in [0.3, 0.4) is 0 Å². The SMILES string of the molecule is NCCCCC(NC(=O)C(N)CO)C(=O)NC(CCC(N)=O)C(=O)NC(CCC(=O)O)C(=O)O. The first-order chi connectivity index (χ1) is 15.9. The summed E-state index contributed by atoms with van der Waals surface area (Å²) in [5.74, 6) is -6.15. The molecule has 4 unspecified atom stereocenters. The van der Waals surface area contributed by atoms with Gasteiger partial charge in [-0.05, 0) is 38.6 Å². The van der Waals surface area contributed by atoms with Gasteiger partial charge in [-0.15, -0.1) is 0 Å². The number of primary amides is 1. The molecule has 0 spiro atoms. The van der Waals surface area contributed by atoms with E-state index in [0.29, 0.717) is 19.4 Å². The van der Waals surface area contributed by atoms with Crippen LogP contribution < -0.4 is 33.2 Å². The van der Waals surface area contributed by atoms with E-state index in [4.69, 9.17) is 27.4 Å². The molecule has 0 aromatic heterocycles. The standard InChI is InChI=1S/C19H34N6O9/c20-8-2-1-3-11(23-16(30)10(21)9-26)17(31)24-12(4-6-14(22)27)18(32)25-13(19(33)34)5-7-15(28)29/h10-13,26H,1-9,20-21H2,(H2,22,27)(H,23,30)(H,24,31)(H,25,32)(H,28,29)(H,33,34). The average Bonchev–Trinajstić information content (AvgIpc) is 2.77. The molecule has 0 aromatic rings. The van der Waals surface area contributed by atoms with Gasteiger partial charge in [0.15, 0.2) is 0 Å². The number of amides is 4. The van der Waals surface area contributed by atoms with Crippen molar-refractivity contribution in [1.29, 1.82) is 0 Å². The van der Waals surface area contributed by atoms with E-state index >= 15 is 0 Å². The second-order valence-electron chi connectivity index (χ2n) is 7.53. The van der Waals surface area contributed by atoms with E-state index in [1.165, 1.54) is 0 Å². The Labute approximate surface area is 195 Å². The van der Waals surface area contributed by atoms with Crippen molar-refractivity contribution in [2.75, 3.05) is 13.2 Å². The van der Waals surface area contributed by atoms with E-state index in [1.807, 2.05) is 0 Å². The van der Waals surface area contributed by atoms with Crippen molar-refractivity contribution >= 4 is 35.6 Å². The summed E-state index contributed by atoms with van der Waals surface area (Å²) >= 11 is 0. The summed E-state index contributed by atoms with van der Waals surface area (Å²) in [6.07, 6.45) is -0.478. The van der Waals surface area contributed by atoms with Crippen LogP contribution in [-0.2, 0) is 28.8 Å². The summed E-state index contributed by atoms with van der Waals surface area (Å²) < 4.78 is 0. The number of aliphatic hydroxyl groups is 1. The first-order valence-electron chi connectivity index (χ1n) is 10.6. The molecule has 0 aliphatic rings. The van der Waals surface area contributed by atoms with Gasteiger partial charge in [-0.3, -0.25) is 24.0 Å². The Bertz CT molecular complexity index is 733. The molecule has 34 heavy (non-hydrogen) atoms. The smallest absolute Gasteiger partial charge is 0.326 e. The first kappa shape index (κ1) is 30.7. The molecule has 0 heterocycles. The van der Waals surface area contributed by atoms with Crippen molar-refractivity contribution in [3.63, 3.8) is 0 Å². The van der Waals surface area contributed by atoms with Crippen LogP contribution in [0.2, 0.25) is 0 Å². The van der Waals surface area contributed by atoms with Gasteiger partial charge in [0, 0.05) is 12.8 Å². The first-order valence-corrected chi connectivity index (χ1v) is 10.6. The molecule has 194 valence electrons. The Morgan fingerprint density at radius 1 is 0.735 bits per heavy atom. The lowest BCUT2D eigenvalue weighted by molar-refractivity contribution is -0.143. The van der Waals surface area contributed by atoms with Gasteiger partial charge in [-0.1, -0.05) is 0 Å². The van der Waals surface area contributed by atoms with Gasteiger partial charge in [-0.25, -0.2) is 4.79 Å². The summed E-state index contributed by atoms with van der Waals surface area (Å²) in [6.45, 7) is -0.339. The predicted octanol–water partition coefficient (Wildman–Crippen LogP) is -3.90. The maximum Gasteiger partial charge on any atom is 0.326 e. The molecule has 4 amide bonds. The van der Waals surface area contributed by atoms with Crippen LogP contribution in [-0.4, -0.2) is 88.2 Å². The number of carbonyl (C=O) groups is 6. The highest BCUT2D eigenvalue weighted by molar-refractivity contribution is 5.94. The number of unbranched alkanes of at least 4 members (excludes halogenated alkanes) is 1. The molecule has 0 fully saturated rings. The summed E-state index contributed by atoms with van der Waals surface area (Å²) in [7, 11) is 0. The van der Waals surface area contributed by atoms with Crippen LogP contribution in [0.15, 0.2) is 0 Å². The van der Waals surface area contributed by atoms with Gasteiger partial charge in [0.25, 0.3) is 0 Å². The van der Waals surface area contributed by atoms with Crippen LogP contribution in [0, 0.1) is 0 Å². The molecule has 0 aliphatic carbocycles. The molecule has 15 heteroatoms. The number of hydrogen-bond acceptors (Lipinski definition) is 9. The monoisotopic (exact) mass is 490 g/mol. The number of carboxylic acids is 2. The van der Waals surface area contributed by atoms with Crippen LogP contribution in [0.1, 0.15) is 44.9 Å². The third-order valence-corrected chi connectivity index (χ3v) is 4.69. The van der Waals surface area contributed by atoms with Gasteiger partial charge in [-0.2, -0.15) is 0 Å². The van der Waals surface area contributed by atoms with E-state index in [1.54, 1.807) is 0 Å². The van der Waals surface area contributed by atoms with Crippen LogP contribution in [0.4, 0.5) is 0 Å². The van der Waals surface area contributed by atoms with Crippen LogP contribution in [0.25, 0.3) is 0 Å². The number of nitrogens with two attached hydrogens (primary N) is 3. The largest absolute Gasteiger partial charge is 0.481 e. The number of rotatable bonds is 18. The number of aliphatic carboxylic acids is 2. The third-order valence-electron chi connectivity index (χ3n) is 4.69. The highest BCUT2D eigenvalue weighted by Gasteiger charge is 2.30. The van der Waals surface area contributed by atoms with E-state index in [-0.39, 0.29) is 19.3 Å². The quantitative estimate of drug-likeness (QED) is 0.0837. The fourth-order valence-electron chi connectivity index (χ4n) is 2.75. The normalized spacial score (nSPS) is 14.2. The zero-order valence-corrected chi connectivity index (χ0v) is 18.7. The number of aliphatic hydroxyl groups excluding tert-OH is 1. The molecule has 0 radical (unpaired) electrons. The Kier molecular flexibility index (Phi) is 14.7. The van der Waals surface area contributed by atoms with Crippen molar-refractivity contribution in [3.8, 4) is 0 Å². The van der Waals surface area contributed by atoms with E-state index in [0.717, 1.165) is 0 Å². The average molecular weight is 491 g/mol. The topological polar surface area (TPSA) is 277 Å². The fourth-order valence-corrected chi connectivity index (χ4v) is 2.75. The highest BCUT2D eigenvalue weighted by atomic mass is 16.4. The minimum atomic E-state index is -1.56. The molecule has 12 N–H and O–H groups in total. The van der Waals surface area contributed by atoms with Crippen molar-refractivity contribution in [1.82, 2.24) is 16.0 Å². The van der Waals surface area contributed by atoms with Gasteiger partial charge in [0.05, 0.1) is 6.61 Å². The predicted molar refractivity (Wildman–Crippen MR) is 117 cm³/mol. The minimum absolute atomic E-state index is 0.118. The third kappa shape index (κ3) is 12.7. The molecule has 0 aromatic carbocycles. The summed E-state index contributed by atoms with van der Waals surface area (Å²) in [4.78, 5) is 70.8. The molecular weight excluding hydrogens is 456 g/mol. The Balaban J connectivity index is 5.53. The summed E-state index contributed by atoms with van der Waals surface area (Å²) in [5.41, 5.74) is 16.0. The molecule has 15 nitrogen and oxygen atoms in total. The van der Waals surface area contributed by atoms with Crippen LogP contribution >= 0.6 is 0 Å². The second kappa shape index (κ2) is 16.3. The molecule has 0 saturated heterocycles. The van der Waals surface area contributed by atoms with Gasteiger partial charge in [0.1, 0.15) is 24.2 Å². The molecule has 0 saturated carbocycles. The number of carboxylic acid groups (broad SMARTS) is 2. The van der Waals surface area contributed by atoms with E-state index in [2.05, 4.69) is 16.0 Å². The fraction of sp³-hybridized carbons (Fsp3) is 0.684. The molecule has 0 rings (SSSR count). The summed E-state index contributed by atoms with van der Waals surface area (Å²) in [6, 6.07) is -5.42. The van der Waals surface area contributed by atoms with E-state index < -0.39 is 79.2 Å². The Morgan fingerprint density at radius 2 is 1.24 bits per heavy atom. The number of nitrogens with one attached hydrogen (secondary N) is 3. The zero-order valence-electron chi connectivity index (χ0n) is 18.7. The minimum Gasteiger partial charge on any atom is -0.481 e. The van der Waals surface area contributed by atoms with E-state index in [9.17, 15) is 33.9 Å². The van der Waals surface area contributed by atoms with Gasteiger partial charge < -0.3 is 48.5 Å². The van der Waals surface area contributed by atoms with Gasteiger partial charge >= 0.3 is 11.9 Å². The maximum atomic E-state index is 12.8. The lowest BCUT2D eigenvalue weighted by Gasteiger charge is -2.25. The maximum absolute atomic E-state index is 12.8. The van der Waals surface area contributed by atoms with Crippen molar-refractivity contribution in [2.45, 2.75) is 69.1 Å². The molecule has 0 bridgehead atoms. The summed E-state index contributed by atoms with van der Waals surface area (Å²) in [5, 5.41) is 33.9. The lowest BCUT2D eigenvalue weighted by atomic mass is 10.0. The van der Waals surface area contributed by atoms with Crippen molar-refractivity contribution in [3.05, 3.63) is 0 Å². The Hall–Kier alpha value is -3.30. The molecular formula is C19H34N6O9. The Morgan fingerprint density at radius 3 is 1.71 bits per heavy atom. The lowest BCUT2D eigenvalue weighted by Crippen LogP contribution is -2.57. The number of carbonyl (C=O) groups excluding carboxylic acids is 4. The number of hydrogen-bond donors (Lipinski definition) is 9. The van der Waals surface area contributed by atoms with Crippen molar-refractivity contribution < 1.29 is 44.1 Å². The van der Waals surface area contributed by atoms with Gasteiger partial charge in [0.2, 0.25) is 23.6 Å². The molecule has 0 aliphatic heterocycles. The molecule has 4 atom stereocenters. The van der Waals surface area contributed by atoms with Crippen LogP contribution in [0.5, 0.6) is 0 Å². The zero-order chi connectivity index (χ0) is 26.3.